The number of benzene rings is 2. The topological polar surface area (TPSA) is 181 Å². The lowest BCUT2D eigenvalue weighted by atomic mass is 9.96. The van der Waals surface area contributed by atoms with Gasteiger partial charge in [-0.2, -0.15) is 4.37 Å². The van der Waals surface area contributed by atoms with Crippen LogP contribution >= 0.6 is 23.1 Å². The molecular formula is C27H29ClN4O8S. The molecule has 2 aromatic carbocycles. The molecule has 0 atom stereocenters. The fraction of sp³-hybridized carbons (Fsp3) is 0.370. The van der Waals surface area contributed by atoms with Gasteiger partial charge in [0, 0.05) is 48.8 Å². The number of hydrogen-bond acceptors (Lipinski definition) is 9. The van der Waals surface area contributed by atoms with Crippen LogP contribution in [0.3, 0.4) is 0 Å². The van der Waals surface area contributed by atoms with E-state index in [0.717, 1.165) is 66.8 Å². The van der Waals surface area contributed by atoms with Gasteiger partial charge < -0.3 is 30.6 Å². The molecule has 2 aliphatic rings. The number of amides is 1. The number of carboxylic acids is 3. The number of fused-ring (bicyclic) bond motifs is 2. The van der Waals surface area contributed by atoms with Gasteiger partial charge in [-0.3, -0.25) is 19.3 Å². The van der Waals surface area contributed by atoms with Crippen LogP contribution in [0.2, 0.25) is 5.02 Å². The van der Waals surface area contributed by atoms with Crippen LogP contribution in [-0.2, 0) is 32.0 Å². The summed E-state index contributed by atoms with van der Waals surface area (Å²) >= 11 is 8.01. The number of aromatic nitrogens is 1. The van der Waals surface area contributed by atoms with Crippen LogP contribution in [0.15, 0.2) is 36.4 Å². The molecule has 3 heterocycles. The summed E-state index contributed by atoms with van der Waals surface area (Å²) in [4.78, 5) is 46.9. The molecule has 41 heavy (non-hydrogen) atoms. The van der Waals surface area contributed by atoms with Crippen molar-refractivity contribution in [3.05, 3.63) is 52.5 Å². The van der Waals surface area contributed by atoms with Crippen molar-refractivity contribution in [3.63, 3.8) is 0 Å². The normalized spacial score (nSPS) is 15.2. The Morgan fingerprint density at radius 3 is 2.32 bits per heavy atom. The van der Waals surface area contributed by atoms with Crippen molar-refractivity contribution in [2.75, 3.05) is 42.9 Å². The number of halogens is 1. The van der Waals surface area contributed by atoms with E-state index >= 15 is 0 Å². The molecule has 5 rings (SSSR count). The van der Waals surface area contributed by atoms with E-state index in [9.17, 15) is 19.2 Å². The average Bonchev–Trinajstić information content (AvgIpc) is 3.49. The lowest BCUT2D eigenvalue weighted by Gasteiger charge is -2.35. The summed E-state index contributed by atoms with van der Waals surface area (Å²) < 4.78 is 5.94. The number of carbonyl (C=O) groups is 4. The zero-order valence-electron chi connectivity index (χ0n) is 21.9. The van der Waals surface area contributed by atoms with Crippen molar-refractivity contribution in [2.24, 2.45) is 0 Å². The van der Waals surface area contributed by atoms with Crippen LogP contribution in [0.5, 0.6) is 0 Å². The van der Waals surface area contributed by atoms with Gasteiger partial charge in [-0.15, -0.1) is 0 Å². The molecule has 0 bridgehead atoms. The van der Waals surface area contributed by atoms with E-state index in [1.54, 1.807) is 11.5 Å². The minimum Gasteiger partial charge on any atom is -0.481 e. The summed E-state index contributed by atoms with van der Waals surface area (Å²) in [6, 6.07) is 12.4. The van der Waals surface area contributed by atoms with Crippen molar-refractivity contribution >= 4 is 68.5 Å². The van der Waals surface area contributed by atoms with Crippen LogP contribution in [0.4, 0.5) is 11.5 Å². The number of carbonyl (C=O) groups excluding carboxylic acids is 1. The summed E-state index contributed by atoms with van der Waals surface area (Å²) in [5.41, 5.74) is 0.315. The number of aliphatic hydroxyl groups is 1. The van der Waals surface area contributed by atoms with Gasteiger partial charge in [0.1, 0.15) is 5.82 Å². The average molecular weight is 605 g/mol. The Labute approximate surface area is 243 Å². The second-order valence-corrected chi connectivity index (χ2v) is 11.1. The van der Waals surface area contributed by atoms with Crippen LogP contribution < -0.4 is 10.2 Å². The number of piperazine rings is 1. The zero-order valence-corrected chi connectivity index (χ0v) is 23.5. The lowest BCUT2D eigenvalue weighted by Crippen LogP contribution is -2.47. The highest BCUT2D eigenvalue weighted by Crippen LogP contribution is 2.31. The number of nitrogens with one attached hydrogen (secondary N) is 1. The van der Waals surface area contributed by atoms with Gasteiger partial charge in [-0.25, -0.2) is 4.79 Å². The highest BCUT2D eigenvalue weighted by molar-refractivity contribution is 7.13. The Morgan fingerprint density at radius 2 is 1.68 bits per heavy atom. The fourth-order valence-electron chi connectivity index (χ4n) is 4.77. The van der Waals surface area contributed by atoms with Crippen molar-refractivity contribution in [3.8, 4) is 0 Å². The van der Waals surface area contributed by atoms with Crippen molar-refractivity contribution in [1.82, 2.24) is 9.27 Å². The van der Waals surface area contributed by atoms with E-state index in [4.69, 9.17) is 32.0 Å². The van der Waals surface area contributed by atoms with Gasteiger partial charge in [0.2, 0.25) is 5.91 Å². The Kier molecular flexibility index (Phi) is 9.43. The second kappa shape index (κ2) is 12.8. The van der Waals surface area contributed by atoms with E-state index in [1.807, 2.05) is 6.07 Å². The van der Waals surface area contributed by atoms with E-state index in [1.165, 1.54) is 10.1 Å². The van der Waals surface area contributed by atoms with Crippen molar-refractivity contribution in [1.29, 1.82) is 0 Å². The summed E-state index contributed by atoms with van der Waals surface area (Å²) in [6.07, 6.45) is -0.928. The summed E-state index contributed by atoms with van der Waals surface area (Å²) in [5.74, 6) is -3.84. The number of aliphatic carboxylic acids is 3. The van der Waals surface area contributed by atoms with Gasteiger partial charge >= 0.3 is 17.9 Å². The Bertz CT molecular complexity index is 1450. The molecule has 0 radical (unpaired) electrons. The van der Waals surface area contributed by atoms with Gasteiger partial charge in [0.15, 0.2) is 5.60 Å². The fourth-order valence-corrected chi connectivity index (χ4v) is 5.82. The molecule has 1 amide bonds. The van der Waals surface area contributed by atoms with Gasteiger partial charge in [0.05, 0.1) is 24.0 Å². The van der Waals surface area contributed by atoms with Crippen LogP contribution in [-0.4, -0.2) is 91.8 Å². The monoisotopic (exact) mass is 604 g/mol. The minimum absolute atomic E-state index is 0.0499. The summed E-state index contributed by atoms with van der Waals surface area (Å²) in [6.45, 7) is 5.00. The third kappa shape index (κ3) is 7.50. The molecule has 3 aromatic rings. The maximum absolute atomic E-state index is 11.6. The highest BCUT2D eigenvalue weighted by atomic mass is 35.5. The Morgan fingerprint density at radius 1 is 1.02 bits per heavy atom. The smallest absolute Gasteiger partial charge is 0.336 e. The molecule has 14 heteroatoms. The first kappa shape index (κ1) is 30.2. The maximum atomic E-state index is 11.6. The minimum atomic E-state index is -2.74. The van der Waals surface area contributed by atoms with E-state index in [2.05, 4.69) is 49.8 Å². The van der Waals surface area contributed by atoms with Gasteiger partial charge in [-0.05, 0) is 47.3 Å². The Hall–Kier alpha value is -3.78. The molecule has 0 unspecified atom stereocenters. The molecule has 0 saturated carbocycles. The van der Waals surface area contributed by atoms with Crippen LogP contribution in [0, 0.1) is 0 Å². The molecule has 1 fully saturated rings. The first-order valence-electron chi connectivity index (χ1n) is 12.8. The number of anilines is 2. The summed E-state index contributed by atoms with van der Waals surface area (Å²) in [5, 5.41) is 38.7. The summed E-state index contributed by atoms with van der Waals surface area (Å²) in [7, 11) is 0. The van der Waals surface area contributed by atoms with Crippen molar-refractivity contribution < 1.29 is 39.6 Å². The van der Waals surface area contributed by atoms with Gasteiger partial charge in [0.25, 0.3) is 0 Å². The maximum Gasteiger partial charge on any atom is 0.336 e. The molecule has 12 nitrogen and oxygen atoms in total. The molecule has 5 N–H and O–H groups in total. The molecule has 218 valence electrons. The van der Waals surface area contributed by atoms with Gasteiger partial charge in [-0.1, -0.05) is 29.8 Å². The lowest BCUT2D eigenvalue weighted by molar-refractivity contribution is -0.170. The number of nitrogens with zero attached hydrogens (tertiary/aromatic N) is 3. The number of carboxylic acid groups (broad SMARTS) is 3. The Balaban J connectivity index is 0.000000254. The largest absolute Gasteiger partial charge is 0.481 e. The predicted molar refractivity (Wildman–Crippen MR) is 153 cm³/mol. The zero-order chi connectivity index (χ0) is 29.7. The first-order valence-corrected chi connectivity index (χ1v) is 13.9. The number of rotatable bonds is 9. The SMILES string of the molecule is O=C(O)CC(O)(CC(=O)O)C(=O)O.O=C1Cc2cc(CCN3CCN(c4nsc5ccccc45)CC3)c(Cl)cc2N1. The second-order valence-electron chi connectivity index (χ2n) is 9.88. The first-order chi connectivity index (χ1) is 19.4. The van der Waals surface area contributed by atoms with E-state index in [0.29, 0.717) is 6.42 Å². The van der Waals surface area contributed by atoms with Crippen molar-refractivity contribution in [2.45, 2.75) is 31.3 Å². The molecular weight excluding hydrogens is 576 g/mol. The molecule has 0 spiro atoms. The third-order valence-corrected chi connectivity index (χ3v) is 8.08. The van der Waals surface area contributed by atoms with Crippen LogP contribution in [0.1, 0.15) is 24.0 Å². The number of hydrogen-bond donors (Lipinski definition) is 5. The van der Waals surface area contributed by atoms with E-state index in [-0.39, 0.29) is 5.91 Å². The standard InChI is InChI=1S/C21H21ClN4OS.C6H8O7/c22-17-13-18-15(12-20(27)23-18)11-14(17)5-6-25-7-9-26(10-8-25)21-16-3-1-2-4-19(16)28-24-21;7-3(8)1-6(13,5(11)12)2-4(9)10/h1-4,11,13H,5-10,12H2,(H,23,27);13H,1-2H2,(H,7,8)(H,9,10)(H,11,12). The van der Waals surface area contributed by atoms with Crippen LogP contribution in [0.25, 0.3) is 10.1 Å². The molecule has 2 aliphatic heterocycles. The predicted octanol–water partition coefficient (Wildman–Crippen LogP) is 2.56. The quantitative estimate of drug-likeness (QED) is 0.242. The molecule has 0 aliphatic carbocycles. The molecule has 1 saturated heterocycles. The van der Waals surface area contributed by atoms with E-state index < -0.39 is 36.4 Å². The highest BCUT2D eigenvalue weighted by Gasteiger charge is 2.40. The molecule has 1 aromatic heterocycles. The third-order valence-electron chi connectivity index (χ3n) is 6.91.